The molecule has 3 aromatic carbocycles. The molecule has 0 aliphatic rings. The van der Waals surface area contributed by atoms with E-state index < -0.39 is 5.91 Å². The lowest BCUT2D eigenvalue weighted by Crippen LogP contribution is -2.46. The van der Waals surface area contributed by atoms with Crippen LogP contribution in [0.25, 0.3) is 22.2 Å². The Hall–Kier alpha value is -4.70. The number of benzene rings is 3. The number of halogens is 1. The fourth-order valence-electron chi connectivity index (χ4n) is 4.67. The molecule has 0 saturated heterocycles. The number of carbonyl (C=O) groups excluding carboxylic acids is 4. The molecule has 1 aromatic heterocycles. The van der Waals surface area contributed by atoms with Crippen LogP contribution < -0.4 is 16.0 Å². The van der Waals surface area contributed by atoms with Crippen LogP contribution in [0.2, 0.25) is 5.02 Å². The molecule has 4 aromatic rings. The third-order valence-corrected chi connectivity index (χ3v) is 7.10. The molecule has 0 radical (unpaired) electrons. The largest absolute Gasteiger partial charge is 0.355 e. The zero-order valence-corrected chi connectivity index (χ0v) is 25.6. The van der Waals surface area contributed by atoms with Crippen molar-refractivity contribution in [3.8, 4) is 11.3 Å². The van der Waals surface area contributed by atoms with Gasteiger partial charge in [0.1, 0.15) is 0 Å². The SMILES string of the molecule is CC(C)CN(CC(=O)NCCCCNC(=O)c1ccc(-c2n[nH]c3ccccc23)cc1)C(=O)CNC(=O)c1cccc(Cl)c1. The van der Waals surface area contributed by atoms with E-state index >= 15 is 0 Å². The number of fused-ring (bicyclic) bond motifs is 1. The van der Waals surface area contributed by atoms with Gasteiger partial charge >= 0.3 is 0 Å². The first-order valence-electron chi connectivity index (χ1n) is 14.6. The van der Waals surface area contributed by atoms with Crippen molar-refractivity contribution >= 4 is 46.1 Å². The van der Waals surface area contributed by atoms with Gasteiger partial charge in [-0.05, 0) is 55.2 Å². The van der Waals surface area contributed by atoms with Crippen LogP contribution in [-0.4, -0.2) is 71.4 Å². The average Bonchev–Trinajstić information content (AvgIpc) is 3.45. The fourth-order valence-corrected chi connectivity index (χ4v) is 4.86. The number of nitrogens with zero attached hydrogens (tertiary/aromatic N) is 2. The summed E-state index contributed by atoms with van der Waals surface area (Å²) in [5.41, 5.74) is 3.63. The second-order valence-corrected chi connectivity index (χ2v) is 11.3. The van der Waals surface area contributed by atoms with Crippen LogP contribution in [-0.2, 0) is 9.59 Å². The van der Waals surface area contributed by atoms with Gasteiger partial charge in [0.15, 0.2) is 0 Å². The van der Waals surface area contributed by atoms with Gasteiger partial charge in [0, 0.05) is 46.7 Å². The number of H-pyrrole nitrogens is 1. The minimum absolute atomic E-state index is 0.106. The van der Waals surface area contributed by atoms with E-state index in [1.165, 1.54) is 11.0 Å². The number of hydrogen-bond donors (Lipinski definition) is 4. The summed E-state index contributed by atoms with van der Waals surface area (Å²) in [6, 6.07) is 21.7. The van der Waals surface area contributed by atoms with Crippen LogP contribution in [0.4, 0.5) is 0 Å². The molecule has 4 rings (SSSR count). The maximum absolute atomic E-state index is 12.8. The molecule has 0 fully saturated rings. The van der Waals surface area contributed by atoms with Gasteiger partial charge in [0.2, 0.25) is 11.8 Å². The number of nitrogens with one attached hydrogen (secondary N) is 4. The summed E-state index contributed by atoms with van der Waals surface area (Å²) in [4.78, 5) is 51.8. The Morgan fingerprint density at radius 2 is 1.55 bits per heavy atom. The number of para-hydroxylation sites is 1. The predicted molar refractivity (Wildman–Crippen MR) is 171 cm³/mol. The number of hydrogen-bond acceptors (Lipinski definition) is 5. The molecule has 11 heteroatoms. The van der Waals surface area contributed by atoms with Gasteiger partial charge in [0.25, 0.3) is 11.8 Å². The second-order valence-electron chi connectivity index (χ2n) is 10.9. The third kappa shape index (κ3) is 9.15. The molecular weight excluding hydrogens is 580 g/mol. The molecule has 0 saturated carbocycles. The van der Waals surface area contributed by atoms with Crippen LogP contribution >= 0.6 is 11.6 Å². The van der Waals surface area contributed by atoms with Gasteiger partial charge in [-0.3, -0.25) is 24.3 Å². The van der Waals surface area contributed by atoms with E-state index in [0.29, 0.717) is 48.6 Å². The monoisotopic (exact) mass is 616 g/mol. The first kappa shape index (κ1) is 32.2. The molecule has 4 amide bonds. The predicted octanol–water partition coefficient (Wildman–Crippen LogP) is 4.42. The van der Waals surface area contributed by atoms with Crippen LogP contribution in [0.5, 0.6) is 0 Å². The standard InChI is InChI=1S/C33H37ClN6O4/c1-22(2)20-40(30(42)19-37-33(44)25-8-7-9-26(34)18-25)21-29(41)35-16-5-6-17-36-32(43)24-14-12-23(13-15-24)31-27-10-3-4-11-28(27)38-39-31/h3-4,7-15,18,22H,5-6,16-17,19-21H2,1-2H3,(H,35,41)(H,36,43)(H,37,44)(H,38,39). The molecule has 10 nitrogen and oxygen atoms in total. The molecule has 0 atom stereocenters. The maximum Gasteiger partial charge on any atom is 0.251 e. The van der Waals surface area contributed by atoms with E-state index in [1.807, 2.05) is 50.2 Å². The van der Waals surface area contributed by atoms with Crippen molar-refractivity contribution in [3.63, 3.8) is 0 Å². The van der Waals surface area contributed by atoms with Crippen molar-refractivity contribution in [3.05, 3.63) is 88.9 Å². The number of unbranched alkanes of at least 4 members (excludes halogenated alkanes) is 1. The maximum atomic E-state index is 12.8. The third-order valence-electron chi connectivity index (χ3n) is 6.86. The highest BCUT2D eigenvalue weighted by atomic mass is 35.5. The van der Waals surface area contributed by atoms with Crippen LogP contribution in [0.3, 0.4) is 0 Å². The first-order chi connectivity index (χ1) is 21.2. The van der Waals surface area contributed by atoms with Gasteiger partial charge in [0.05, 0.1) is 24.3 Å². The number of rotatable bonds is 14. The highest BCUT2D eigenvalue weighted by Crippen LogP contribution is 2.26. The van der Waals surface area contributed by atoms with E-state index in [-0.39, 0.29) is 36.7 Å². The molecule has 44 heavy (non-hydrogen) atoms. The second kappa shape index (κ2) is 15.7. The van der Waals surface area contributed by atoms with E-state index in [2.05, 4.69) is 26.1 Å². The van der Waals surface area contributed by atoms with Crippen molar-refractivity contribution in [2.45, 2.75) is 26.7 Å². The van der Waals surface area contributed by atoms with E-state index in [9.17, 15) is 19.2 Å². The van der Waals surface area contributed by atoms with Crippen LogP contribution in [0, 0.1) is 5.92 Å². The summed E-state index contributed by atoms with van der Waals surface area (Å²) in [5, 5.41) is 17.2. The van der Waals surface area contributed by atoms with Gasteiger partial charge < -0.3 is 20.9 Å². The topological polar surface area (TPSA) is 136 Å². The first-order valence-corrected chi connectivity index (χ1v) is 15.0. The molecule has 0 aliphatic heterocycles. The number of amides is 4. The summed E-state index contributed by atoms with van der Waals surface area (Å²) in [6.07, 6.45) is 1.33. The van der Waals surface area contributed by atoms with Crippen LogP contribution in [0.1, 0.15) is 47.4 Å². The Labute approximate surface area is 261 Å². The highest BCUT2D eigenvalue weighted by Gasteiger charge is 2.19. The van der Waals surface area contributed by atoms with Gasteiger partial charge in [-0.1, -0.05) is 61.8 Å². The van der Waals surface area contributed by atoms with Crippen molar-refractivity contribution in [1.82, 2.24) is 31.0 Å². The smallest absolute Gasteiger partial charge is 0.251 e. The molecule has 0 bridgehead atoms. The van der Waals surface area contributed by atoms with E-state index in [0.717, 1.165) is 22.2 Å². The molecule has 0 unspecified atom stereocenters. The lowest BCUT2D eigenvalue weighted by atomic mass is 10.1. The molecule has 230 valence electrons. The summed E-state index contributed by atoms with van der Waals surface area (Å²) in [6.45, 7) is 4.82. The molecule has 1 heterocycles. The zero-order valence-electron chi connectivity index (χ0n) is 24.9. The van der Waals surface area contributed by atoms with Gasteiger partial charge in [-0.2, -0.15) is 5.10 Å². The molecule has 4 N–H and O–H groups in total. The van der Waals surface area contributed by atoms with Crippen molar-refractivity contribution in [2.24, 2.45) is 5.92 Å². The van der Waals surface area contributed by atoms with E-state index in [4.69, 9.17) is 11.6 Å². The normalized spacial score (nSPS) is 10.9. The number of aromatic amines is 1. The van der Waals surface area contributed by atoms with Gasteiger partial charge in [-0.25, -0.2) is 0 Å². The average molecular weight is 617 g/mol. The van der Waals surface area contributed by atoms with Crippen molar-refractivity contribution in [2.75, 3.05) is 32.7 Å². The minimum Gasteiger partial charge on any atom is -0.355 e. The van der Waals surface area contributed by atoms with Crippen molar-refractivity contribution in [1.29, 1.82) is 0 Å². The zero-order chi connectivity index (χ0) is 31.5. The Morgan fingerprint density at radius 3 is 2.27 bits per heavy atom. The Morgan fingerprint density at radius 1 is 0.841 bits per heavy atom. The lowest BCUT2D eigenvalue weighted by molar-refractivity contribution is -0.135. The summed E-state index contributed by atoms with van der Waals surface area (Å²) < 4.78 is 0. The fraction of sp³-hybridized carbons (Fsp3) is 0.303. The molecule has 0 aliphatic carbocycles. The van der Waals surface area contributed by atoms with Crippen molar-refractivity contribution < 1.29 is 19.2 Å². The van der Waals surface area contributed by atoms with E-state index in [1.54, 1.807) is 30.3 Å². The Kier molecular flexibility index (Phi) is 11.5. The highest BCUT2D eigenvalue weighted by molar-refractivity contribution is 6.31. The lowest BCUT2D eigenvalue weighted by Gasteiger charge is -2.24. The summed E-state index contributed by atoms with van der Waals surface area (Å²) in [5.74, 6) is -1.08. The molecular formula is C33H37ClN6O4. The number of aromatic nitrogens is 2. The summed E-state index contributed by atoms with van der Waals surface area (Å²) >= 11 is 5.94. The summed E-state index contributed by atoms with van der Waals surface area (Å²) in [7, 11) is 0. The minimum atomic E-state index is -0.415. The Balaban J connectivity index is 1.15. The number of carbonyl (C=O) groups is 4. The van der Waals surface area contributed by atoms with Gasteiger partial charge in [-0.15, -0.1) is 0 Å². The quantitative estimate of drug-likeness (QED) is 0.156. The van der Waals surface area contributed by atoms with Crippen LogP contribution in [0.15, 0.2) is 72.8 Å². The molecule has 0 spiro atoms. The Bertz CT molecular complexity index is 1600.